The molecule has 5 saturated heterocycles. The molecule has 5 heterocycles. The Morgan fingerprint density at radius 2 is 1.38 bits per heavy atom. The van der Waals surface area contributed by atoms with Crippen LogP contribution in [0.4, 0.5) is 0 Å². The minimum Gasteiger partial charge on any atom is -0.394 e. The average Bonchev–Trinajstić information content (AvgIpc) is 3.79. The van der Waals surface area contributed by atoms with Crippen molar-refractivity contribution in [2.24, 2.45) is 46.3 Å². The predicted octanol–water partition coefficient (Wildman–Crippen LogP) is 0.853. The van der Waals surface area contributed by atoms with Gasteiger partial charge >= 0.3 is 0 Å². The van der Waals surface area contributed by atoms with Crippen molar-refractivity contribution in [3.63, 3.8) is 0 Å². The van der Waals surface area contributed by atoms with Gasteiger partial charge in [-0.2, -0.15) is 0 Å². The molecular formula is C44H70O16. The molecule has 60 heavy (non-hydrogen) atoms. The molecule has 4 aliphatic carbocycles. The van der Waals surface area contributed by atoms with Crippen LogP contribution in [-0.2, 0) is 37.9 Å². The zero-order valence-corrected chi connectivity index (χ0v) is 35.6. The Balaban J connectivity index is 0.900. The van der Waals surface area contributed by atoms with Gasteiger partial charge in [-0.05, 0) is 98.7 Å². The molecule has 9 aliphatic rings. The van der Waals surface area contributed by atoms with Gasteiger partial charge in [0, 0.05) is 12.3 Å². The molecule has 9 rings (SSSR count). The van der Waals surface area contributed by atoms with Crippen LogP contribution >= 0.6 is 0 Å². The summed E-state index contributed by atoms with van der Waals surface area (Å²) in [6.07, 6.45) is -8.88. The fourth-order valence-corrected chi connectivity index (χ4v) is 13.8. The van der Waals surface area contributed by atoms with Crippen LogP contribution in [0.15, 0.2) is 11.6 Å². The molecule has 0 aromatic carbocycles. The van der Waals surface area contributed by atoms with Crippen LogP contribution in [0.25, 0.3) is 0 Å². The minimum atomic E-state index is -1.72. The third-order valence-corrected chi connectivity index (χ3v) is 17.3. The number of hydrogen-bond donors (Lipinski definition) is 8. The highest BCUT2D eigenvalue weighted by Crippen LogP contribution is 2.70. The molecule has 342 valence electrons. The summed E-state index contributed by atoms with van der Waals surface area (Å²) in [6.45, 7) is 10.6. The topological polar surface area (TPSA) is 236 Å². The van der Waals surface area contributed by atoms with E-state index >= 15 is 0 Å². The van der Waals surface area contributed by atoms with Crippen molar-refractivity contribution in [2.45, 2.75) is 196 Å². The Kier molecular flexibility index (Phi) is 12.2. The van der Waals surface area contributed by atoms with E-state index in [2.05, 4.69) is 33.8 Å². The van der Waals surface area contributed by atoms with E-state index in [1.807, 2.05) is 0 Å². The Morgan fingerprint density at radius 3 is 2.08 bits per heavy atom. The van der Waals surface area contributed by atoms with Gasteiger partial charge in [-0.25, -0.2) is 0 Å². The lowest BCUT2D eigenvalue weighted by Gasteiger charge is -2.58. The van der Waals surface area contributed by atoms with Crippen LogP contribution in [0.1, 0.15) is 92.4 Å². The number of hydrogen-bond acceptors (Lipinski definition) is 16. The lowest BCUT2D eigenvalue weighted by atomic mass is 9.47. The van der Waals surface area contributed by atoms with Gasteiger partial charge in [0.25, 0.3) is 0 Å². The van der Waals surface area contributed by atoms with Gasteiger partial charge in [0.15, 0.2) is 24.7 Å². The molecule has 0 unspecified atom stereocenters. The molecule has 16 heteroatoms. The minimum absolute atomic E-state index is 0.00147. The summed E-state index contributed by atoms with van der Waals surface area (Å²) >= 11 is 0. The molecule has 0 aromatic rings. The first-order valence-electron chi connectivity index (χ1n) is 22.8. The van der Waals surface area contributed by atoms with Crippen molar-refractivity contribution in [3.05, 3.63) is 11.6 Å². The molecular weight excluding hydrogens is 784 g/mol. The van der Waals surface area contributed by atoms with Crippen molar-refractivity contribution in [1.82, 2.24) is 0 Å². The molecule has 0 bridgehead atoms. The third-order valence-electron chi connectivity index (χ3n) is 17.3. The van der Waals surface area contributed by atoms with Crippen LogP contribution in [0.5, 0.6) is 0 Å². The fourth-order valence-electron chi connectivity index (χ4n) is 13.8. The van der Waals surface area contributed by atoms with Gasteiger partial charge in [-0.3, -0.25) is 0 Å². The van der Waals surface area contributed by atoms with Crippen molar-refractivity contribution in [1.29, 1.82) is 0 Å². The highest BCUT2D eigenvalue weighted by atomic mass is 16.8. The van der Waals surface area contributed by atoms with Crippen LogP contribution in [-0.4, -0.2) is 165 Å². The summed E-state index contributed by atoms with van der Waals surface area (Å²) in [5, 5.41) is 85.0. The second-order valence-electron chi connectivity index (χ2n) is 20.6. The first kappa shape index (κ1) is 44.3. The highest BCUT2D eigenvalue weighted by Gasteiger charge is 2.69. The molecule has 16 nitrogen and oxygen atoms in total. The zero-order chi connectivity index (χ0) is 42.6. The van der Waals surface area contributed by atoms with E-state index in [9.17, 15) is 40.9 Å². The number of rotatable bonds is 8. The van der Waals surface area contributed by atoms with Crippen molar-refractivity contribution >= 4 is 0 Å². The molecule has 8 fully saturated rings. The van der Waals surface area contributed by atoms with E-state index < -0.39 is 105 Å². The van der Waals surface area contributed by atoms with Crippen molar-refractivity contribution < 1.29 is 78.7 Å². The van der Waals surface area contributed by atoms with Crippen LogP contribution in [0.3, 0.4) is 0 Å². The highest BCUT2D eigenvalue weighted by molar-refractivity contribution is 5.26. The largest absolute Gasteiger partial charge is 0.394 e. The lowest BCUT2D eigenvalue weighted by molar-refractivity contribution is -0.376. The zero-order valence-electron chi connectivity index (χ0n) is 35.6. The maximum absolute atomic E-state index is 11.9. The summed E-state index contributed by atoms with van der Waals surface area (Å²) in [6, 6.07) is 0. The van der Waals surface area contributed by atoms with Gasteiger partial charge in [-0.15, -0.1) is 0 Å². The van der Waals surface area contributed by atoms with E-state index in [0.29, 0.717) is 48.3 Å². The van der Waals surface area contributed by atoms with E-state index in [1.165, 1.54) is 18.9 Å². The summed E-state index contributed by atoms with van der Waals surface area (Å²) in [5.41, 5.74) is 1.56. The second kappa shape index (κ2) is 16.5. The van der Waals surface area contributed by atoms with Gasteiger partial charge in [-0.1, -0.05) is 39.3 Å². The van der Waals surface area contributed by atoms with E-state index in [1.54, 1.807) is 0 Å². The maximum atomic E-state index is 11.9. The van der Waals surface area contributed by atoms with Gasteiger partial charge < -0.3 is 78.7 Å². The number of aliphatic hydroxyl groups excluding tert-OH is 8. The number of ether oxygens (including phenoxy) is 8. The molecule has 0 radical (unpaired) electrons. The quantitative estimate of drug-likeness (QED) is 0.158. The lowest BCUT2D eigenvalue weighted by Crippen LogP contribution is -2.65. The number of aliphatic hydroxyl groups is 8. The molecule has 0 amide bonds. The summed E-state index contributed by atoms with van der Waals surface area (Å²) < 4.78 is 49.7. The Bertz CT molecular complexity index is 1560. The first-order valence-corrected chi connectivity index (χ1v) is 22.8. The van der Waals surface area contributed by atoms with Gasteiger partial charge in [0.05, 0.1) is 38.1 Å². The summed E-state index contributed by atoms with van der Waals surface area (Å²) in [7, 11) is 0. The van der Waals surface area contributed by atoms with E-state index in [-0.39, 0.29) is 23.0 Å². The van der Waals surface area contributed by atoms with Crippen molar-refractivity contribution in [2.75, 3.05) is 19.8 Å². The standard InChI is InChI=1S/C44H70O16/c1-19-8-13-44(53-18-19)20(2)30-27(60-44)15-26-24-7-6-22-14-23(9-11-42(22,4)25(24)10-12-43(26,30)5)55-41-36(52)38(59-40-34(50)32(48)28(16-45)56-40)37(29(17-46)57-41)58-39-35(51)33(49)31(47)21(3)54-39/h6,19-21,23-41,45-52H,7-18H2,1-5H3/t19-,20-,21+,23+,24+,25-,26-,27-,28-,29-,30-,31+,32-,33-,34+,35+,36-,37-,38-,39-,40-,41-,42+,43-,44+/m1/s1. The smallest absolute Gasteiger partial charge is 0.187 e. The Morgan fingerprint density at radius 1 is 0.700 bits per heavy atom. The van der Waals surface area contributed by atoms with Crippen LogP contribution < -0.4 is 0 Å². The maximum Gasteiger partial charge on any atom is 0.187 e. The third kappa shape index (κ3) is 7.10. The Hall–Kier alpha value is -0.900. The number of allylic oxidation sites excluding steroid dienone is 1. The SMILES string of the molecule is C[C@@H]1CC[C@]2(OC1)O[C@@H]1C[C@@H]3[C@H]4CC=C5C[C@@H](O[C@@H]6O[C@H](CO)[C@@H](O[C@H]7O[C@@H](C)[C@H](O)[C@@H](O)[C@@H]7O)[C@H](O[C@H]7O[C@H](CO)[C@@H](O)[C@@H]7O)[C@H]6O)CC[C@]5(C)[C@@H]4CC[C@@]3(C)[C@@H]1[C@H]2C. The average molecular weight is 855 g/mol. The monoisotopic (exact) mass is 854 g/mol. The second-order valence-corrected chi connectivity index (χ2v) is 20.6. The van der Waals surface area contributed by atoms with Crippen LogP contribution in [0, 0.1) is 46.3 Å². The van der Waals surface area contributed by atoms with E-state index in [0.717, 1.165) is 45.1 Å². The molecule has 1 spiro atoms. The van der Waals surface area contributed by atoms with E-state index in [4.69, 9.17) is 37.9 Å². The Labute approximate surface area is 352 Å². The predicted molar refractivity (Wildman–Crippen MR) is 208 cm³/mol. The molecule has 5 aliphatic heterocycles. The molecule has 3 saturated carbocycles. The molecule has 8 N–H and O–H groups in total. The first-order chi connectivity index (χ1) is 28.5. The molecule has 25 atom stereocenters. The number of fused-ring (bicyclic) bond motifs is 7. The van der Waals surface area contributed by atoms with Gasteiger partial charge in [0.2, 0.25) is 0 Å². The normalized spacial score (nSPS) is 57.7. The van der Waals surface area contributed by atoms with Crippen LogP contribution in [0.2, 0.25) is 0 Å². The van der Waals surface area contributed by atoms with Crippen molar-refractivity contribution in [3.8, 4) is 0 Å². The van der Waals surface area contributed by atoms with Gasteiger partial charge in [0.1, 0.15) is 61.0 Å². The molecule has 0 aromatic heterocycles. The fraction of sp³-hybridized carbons (Fsp3) is 0.955. The summed E-state index contributed by atoms with van der Waals surface area (Å²) in [5.74, 6) is 2.69. The summed E-state index contributed by atoms with van der Waals surface area (Å²) in [4.78, 5) is 0.